The molecule has 114 valence electrons. The molecule has 2 aromatic rings. The van der Waals surface area contributed by atoms with Gasteiger partial charge in [-0.1, -0.05) is 13.0 Å². The lowest BCUT2D eigenvalue weighted by Gasteiger charge is -2.19. The number of aromatic nitrogens is 3. The maximum absolute atomic E-state index is 5.29. The van der Waals surface area contributed by atoms with Crippen LogP contribution in [0.15, 0.2) is 29.0 Å². The molecule has 0 aliphatic carbocycles. The number of nitrogens with zero attached hydrogens (tertiary/aromatic N) is 3. The molecule has 1 heterocycles. The summed E-state index contributed by atoms with van der Waals surface area (Å²) in [6.07, 6.45) is 3.48. The van der Waals surface area contributed by atoms with Gasteiger partial charge in [-0.3, -0.25) is 4.68 Å². The number of methoxy groups -OCH3 is 1. The van der Waals surface area contributed by atoms with Gasteiger partial charge in [0.05, 0.1) is 11.6 Å². The first kappa shape index (κ1) is 16.0. The smallest absolute Gasteiger partial charge is 0.138 e. The van der Waals surface area contributed by atoms with Crippen molar-refractivity contribution in [1.29, 1.82) is 0 Å². The number of hydrogen-bond donors (Lipinski definition) is 1. The number of rotatable bonds is 7. The van der Waals surface area contributed by atoms with Crippen LogP contribution >= 0.6 is 15.9 Å². The van der Waals surface area contributed by atoms with Crippen LogP contribution in [0.1, 0.15) is 30.8 Å². The van der Waals surface area contributed by atoms with Gasteiger partial charge in [0.15, 0.2) is 0 Å². The average Bonchev–Trinajstić information content (AvgIpc) is 2.88. The van der Waals surface area contributed by atoms with Crippen LogP contribution in [0.25, 0.3) is 0 Å². The van der Waals surface area contributed by atoms with E-state index in [1.54, 1.807) is 13.4 Å². The van der Waals surface area contributed by atoms with Crippen LogP contribution in [0.2, 0.25) is 0 Å². The van der Waals surface area contributed by atoms with Crippen molar-refractivity contribution in [3.8, 4) is 5.75 Å². The highest BCUT2D eigenvalue weighted by molar-refractivity contribution is 9.10. The van der Waals surface area contributed by atoms with E-state index in [0.29, 0.717) is 0 Å². The van der Waals surface area contributed by atoms with Crippen LogP contribution in [0, 0.1) is 0 Å². The van der Waals surface area contributed by atoms with E-state index in [4.69, 9.17) is 4.74 Å². The number of halogens is 1. The van der Waals surface area contributed by atoms with Crippen molar-refractivity contribution in [2.45, 2.75) is 25.8 Å². The molecule has 0 aliphatic rings. The largest absolute Gasteiger partial charge is 0.496 e. The first-order chi connectivity index (χ1) is 10.2. The summed E-state index contributed by atoms with van der Waals surface area (Å²) in [4.78, 5) is 4.32. The maximum atomic E-state index is 5.29. The van der Waals surface area contributed by atoms with Crippen LogP contribution in [0.3, 0.4) is 0 Å². The summed E-state index contributed by atoms with van der Waals surface area (Å²) >= 11 is 3.55. The summed E-state index contributed by atoms with van der Waals surface area (Å²) in [6.45, 7) is 3.13. The highest BCUT2D eigenvalue weighted by Gasteiger charge is 2.16. The van der Waals surface area contributed by atoms with Gasteiger partial charge in [-0.15, -0.1) is 0 Å². The number of hydrogen-bond acceptors (Lipinski definition) is 4. The van der Waals surface area contributed by atoms with Crippen molar-refractivity contribution >= 4 is 15.9 Å². The van der Waals surface area contributed by atoms with E-state index >= 15 is 0 Å². The molecule has 1 atom stereocenters. The third-order valence-corrected chi connectivity index (χ3v) is 4.03. The zero-order valence-corrected chi connectivity index (χ0v) is 14.2. The maximum Gasteiger partial charge on any atom is 0.138 e. The summed E-state index contributed by atoms with van der Waals surface area (Å²) < 4.78 is 8.07. The van der Waals surface area contributed by atoms with Crippen molar-refractivity contribution in [2.75, 3.05) is 13.7 Å². The normalized spacial score (nSPS) is 12.4. The Morgan fingerprint density at radius 3 is 2.81 bits per heavy atom. The molecule has 6 heteroatoms. The van der Waals surface area contributed by atoms with E-state index in [1.165, 1.54) is 5.56 Å². The number of nitrogens with one attached hydrogen (secondary N) is 1. The molecule has 0 amide bonds. The predicted molar refractivity (Wildman–Crippen MR) is 86.4 cm³/mol. The van der Waals surface area contributed by atoms with Gasteiger partial charge in [0.25, 0.3) is 0 Å². The molecule has 0 saturated carbocycles. The molecule has 5 nitrogen and oxygen atoms in total. The summed E-state index contributed by atoms with van der Waals surface area (Å²) in [7, 11) is 3.59. The molecule has 2 rings (SSSR count). The number of aryl methyl sites for hydroxylation is 1. The Kier molecular flexibility index (Phi) is 5.76. The first-order valence-corrected chi connectivity index (χ1v) is 7.84. The van der Waals surface area contributed by atoms with Gasteiger partial charge < -0.3 is 10.1 Å². The molecule has 0 bridgehead atoms. The van der Waals surface area contributed by atoms with Crippen molar-refractivity contribution in [3.63, 3.8) is 0 Å². The van der Waals surface area contributed by atoms with Gasteiger partial charge in [0, 0.05) is 19.5 Å². The van der Waals surface area contributed by atoms with E-state index in [9.17, 15) is 0 Å². The molecule has 0 aliphatic heterocycles. The molecule has 0 radical (unpaired) electrons. The van der Waals surface area contributed by atoms with Gasteiger partial charge in [-0.25, -0.2) is 4.98 Å². The van der Waals surface area contributed by atoms with Crippen LogP contribution in [-0.4, -0.2) is 28.4 Å². The Balaban J connectivity index is 2.22. The molecule has 0 spiro atoms. The highest BCUT2D eigenvalue weighted by Crippen LogP contribution is 2.29. The third kappa shape index (κ3) is 4.04. The Bertz CT molecular complexity index is 585. The van der Waals surface area contributed by atoms with Gasteiger partial charge in [0.2, 0.25) is 0 Å². The third-order valence-electron chi connectivity index (χ3n) is 3.41. The fraction of sp³-hybridized carbons (Fsp3) is 0.467. The fourth-order valence-corrected chi connectivity index (χ4v) is 2.77. The monoisotopic (exact) mass is 352 g/mol. The highest BCUT2D eigenvalue weighted by atomic mass is 79.9. The number of benzene rings is 1. The van der Waals surface area contributed by atoms with Crippen LogP contribution in [-0.2, 0) is 13.5 Å². The summed E-state index contributed by atoms with van der Waals surface area (Å²) in [5.41, 5.74) is 1.21. The van der Waals surface area contributed by atoms with E-state index in [2.05, 4.69) is 50.4 Å². The molecular formula is C15H21BrN4O. The summed E-state index contributed by atoms with van der Waals surface area (Å²) in [6, 6.07) is 6.38. The van der Waals surface area contributed by atoms with E-state index < -0.39 is 0 Å². The second-order valence-corrected chi connectivity index (χ2v) is 5.76. The molecule has 0 saturated heterocycles. The van der Waals surface area contributed by atoms with Gasteiger partial charge in [-0.05, 0) is 46.6 Å². The Hall–Kier alpha value is -1.40. The van der Waals surface area contributed by atoms with Gasteiger partial charge in [0.1, 0.15) is 17.9 Å². The summed E-state index contributed by atoms with van der Waals surface area (Å²) in [5.74, 6) is 1.81. The topological polar surface area (TPSA) is 52.0 Å². The van der Waals surface area contributed by atoms with Crippen LogP contribution in [0.4, 0.5) is 0 Å². The SMILES string of the molecule is CCCNC(Cc1ncnn1C)c1ccc(OC)c(Br)c1. The minimum Gasteiger partial charge on any atom is -0.496 e. The first-order valence-electron chi connectivity index (χ1n) is 7.05. The standard InChI is InChI=1S/C15H21BrN4O/c1-4-7-17-13(9-15-18-10-19-20(15)2)11-5-6-14(21-3)12(16)8-11/h5-6,8,10,13,17H,4,7,9H2,1-3H3. The van der Waals surface area contributed by atoms with Gasteiger partial charge in [-0.2, -0.15) is 5.10 Å². The lowest BCUT2D eigenvalue weighted by molar-refractivity contribution is 0.411. The molecule has 1 aromatic heterocycles. The van der Waals surface area contributed by atoms with Crippen molar-refractivity contribution < 1.29 is 4.74 Å². The van der Waals surface area contributed by atoms with Crippen molar-refractivity contribution in [2.24, 2.45) is 7.05 Å². The molecule has 0 fully saturated rings. The zero-order valence-electron chi connectivity index (χ0n) is 12.6. The van der Waals surface area contributed by atoms with Crippen LogP contribution < -0.4 is 10.1 Å². The molecule has 21 heavy (non-hydrogen) atoms. The molecule has 1 N–H and O–H groups in total. The van der Waals surface area contributed by atoms with Gasteiger partial charge >= 0.3 is 0 Å². The Morgan fingerprint density at radius 2 is 2.24 bits per heavy atom. The minimum absolute atomic E-state index is 0.204. The van der Waals surface area contributed by atoms with Crippen molar-refractivity contribution in [1.82, 2.24) is 20.1 Å². The van der Waals surface area contributed by atoms with E-state index in [1.807, 2.05) is 17.8 Å². The second kappa shape index (κ2) is 7.56. The molecule has 1 unspecified atom stereocenters. The Morgan fingerprint density at radius 1 is 1.43 bits per heavy atom. The minimum atomic E-state index is 0.204. The average molecular weight is 353 g/mol. The molecule has 1 aromatic carbocycles. The van der Waals surface area contributed by atoms with Crippen molar-refractivity contribution in [3.05, 3.63) is 40.4 Å². The second-order valence-electron chi connectivity index (χ2n) is 4.90. The molecular weight excluding hydrogens is 332 g/mol. The van der Waals surface area contributed by atoms with E-state index in [-0.39, 0.29) is 6.04 Å². The zero-order chi connectivity index (χ0) is 15.2. The Labute approximate surface area is 133 Å². The predicted octanol–water partition coefficient (Wildman–Crippen LogP) is 2.87. The number of ether oxygens (including phenoxy) is 1. The van der Waals surface area contributed by atoms with E-state index in [0.717, 1.165) is 35.4 Å². The lowest BCUT2D eigenvalue weighted by atomic mass is 10.0. The van der Waals surface area contributed by atoms with Crippen LogP contribution in [0.5, 0.6) is 5.75 Å². The lowest BCUT2D eigenvalue weighted by Crippen LogP contribution is -2.25. The fourth-order valence-electron chi connectivity index (χ4n) is 2.21. The summed E-state index contributed by atoms with van der Waals surface area (Å²) in [5, 5.41) is 7.71. The quantitative estimate of drug-likeness (QED) is 0.832.